The first-order chi connectivity index (χ1) is 10.3. The molecule has 21 heavy (non-hydrogen) atoms. The molecule has 1 aliphatic rings. The molecule has 0 spiro atoms. The van der Waals surface area contributed by atoms with Crippen molar-refractivity contribution in [3.05, 3.63) is 52.4 Å². The number of ether oxygens (including phenoxy) is 1. The van der Waals surface area contributed by atoms with E-state index in [1.165, 1.54) is 17.6 Å². The highest BCUT2D eigenvalue weighted by Gasteiger charge is 2.22. The molecule has 1 aliphatic heterocycles. The molecular formula is C16H16N2O2S. The number of methoxy groups -OCH3 is 1. The molecule has 5 heteroatoms. The summed E-state index contributed by atoms with van der Waals surface area (Å²) < 4.78 is 5.16. The van der Waals surface area contributed by atoms with Crippen molar-refractivity contribution >= 4 is 22.8 Å². The quantitative estimate of drug-likeness (QED) is 0.875. The van der Waals surface area contributed by atoms with Crippen molar-refractivity contribution in [2.24, 2.45) is 0 Å². The van der Waals surface area contributed by atoms with E-state index in [9.17, 15) is 4.79 Å². The molecule has 0 bridgehead atoms. The number of carbonyl (C=O) groups excluding carboxylic acids is 1. The van der Waals surface area contributed by atoms with Crippen LogP contribution in [0.15, 0.2) is 41.9 Å². The van der Waals surface area contributed by atoms with Crippen LogP contribution in [0.25, 0.3) is 5.57 Å². The van der Waals surface area contributed by atoms with Crippen LogP contribution >= 0.6 is 11.3 Å². The topological polar surface area (TPSA) is 42.4 Å². The van der Waals surface area contributed by atoms with Crippen LogP contribution in [0.1, 0.15) is 21.7 Å². The standard InChI is InChI=1S/C16H16N2O2S/c1-20-15-13(4-2-8-17-15)16(19)18-9-6-12(7-10-18)14-5-3-11-21-14/h2-6,8,11H,7,9-10H2,1H3. The molecule has 4 nitrogen and oxygen atoms in total. The zero-order valence-corrected chi connectivity index (χ0v) is 12.6. The third-order valence-corrected chi connectivity index (χ3v) is 4.47. The van der Waals surface area contributed by atoms with Gasteiger partial charge >= 0.3 is 0 Å². The van der Waals surface area contributed by atoms with Gasteiger partial charge in [0, 0.05) is 24.2 Å². The van der Waals surface area contributed by atoms with Crippen LogP contribution in [-0.2, 0) is 0 Å². The van der Waals surface area contributed by atoms with Gasteiger partial charge in [0.2, 0.25) is 5.88 Å². The lowest BCUT2D eigenvalue weighted by molar-refractivity contribution is 0.0768. The molecule has 2 aromatic rings. The molecule has 0 radical (unpaired) electrons. The number of amides is 1. The Hall–Kier alpha value is -2.14. The fourth-order valence-corrected chi connectivity index (χ4v) is 3.22. The van der Waals surface area contributed by atoms with Gasteiger partial charge < -0.3 is 9.64 Å². The van der Waals surface area contributed by atoms with Gasteiger partial charge in [0.25, 0.3) is 5.91 Å². The number of hydrogen-bond donors (Lipinski definition) is 0. The first-order valence-corrected chi connectivity index (χ1v) is 7.69. The Morgan fingerprint density at radius 2 is 2.29 bits per heavy atom. The molecule has 0 fully saturated rings. The maximum atomic E-state index is 12.6. The van der Waals surface area contributed by atoms with Crippen LogP contribution in [0.4, 0.5) is 0 Å². The minimum Gasteiger partial charge on any atom is -0.480 e. The molecule has 0 atom stereocenters. The van der Waals surface area contributed by atoms with E-state index in [1.807, 2.05) is 4.90 Å². The second-order valence-electron chi connectivity index (χ2n) is 4.77. The number of rotatable bonds is 3. The highest BCUT2D eigenvalue weighted by atomic mass is 32.1. The van der Waals surface area contributed by atoms with Crippen LogP contribution in [-0.4, -0.2) is 36.0 Å². The predicted molar refractivity (Wildman–Crippen MR) is 83.6 cm³/mol. The first-order valence-electron chi connectivity index (χ1n) is 6.81. The maximum absolute atomic E-state index is 12.6. The smallest absolute Gasteiger partial charge is 0.259 e. The zero-order chi connectivity index (χ0) is 14.7. The third kappa shape index (κ3) is 2.83. The lowest BCUT2D eigenvalue weighted by atomic mass is 10.1. The lowest BCUT2D eigenvalue weighted by Crippen LogP contribution is -2.34. The normalized spacial score (nSPS) is 14.7. The fraction of sp³-hybridized carbons (Fsp3) is 0.250. The summed E-state index contributed by atoms with van der Waals surface area (Å²) in [7, 11) is 1.53. The molecule has 3 rings (SSSR count). The third-order valence-electron chi connectivity index (χ3n) is 3.53. The van der Waals surface area contributed by atoms with E-state index in [-0.39, 0.29) is 5.91 Å². The van der Waals surface area contributed by atoms with Crippen molar-refractivity contribution in [1.82, 2.24) is 9.88 Å². The summed E-state index contributed by atoms with van der Waals surface area (Å²) >= 11 is 1.74. The molecular weight excluding hydrogens is 284 g/mol. The minimum atomic E-state index is -0.0265. The predicted octanol–water partition coefficient (Wildman–Crippen LogP) is 3.08. The van der Waals surface area contributed by atoms with Crippen molar-refractivity contribution in [2.75, 3.05) is 20.2 Å². The highest BCUT2D eigenvalue weighted by Crippen LogP contribution is 2.27. The van der Waals surface area contributed by atoms with E-state index < -0.39 is 0 Å². The molecule has 0 saturated carbocycles. The highest BCUT2D eigenvalue weighted by molar-refractivity contribution is 7.11. The average Bonchev–Trinajstić information content (AvgIpc) is 3.09. The van der Waals surface area contributed by atoms with Gasteiger partial charge in [-0.05, 0) is 35.6 Å². The van der Waals surface area contributed by atoms with E-state index in [0.29, 0.717) is 18.0 Å². The van der Waals surface area contributed by atoms with Gasteiger partial charge in [-0.25, -0.2) is 4.98 Å². The second-order valence-corrected chi connectivity index (χ2v) is 5.72. The number of nitrogens with zero attached hydrogens (tertiary/aromatic N) is 2. The number of thiophene rings is 1. The van der Waals surface area contributed by atoms with Crippen LogP contribution in [0.2, 0.25) is 0 Å². The van der Waals surface area contributed by atoms with Crippen LogP contribution in [0.3, 0.4) is 0 Å². The Balaban J connectivity index is 1.76. The van der Waals surface area contributed by atoms with Crippen molar-refractivity contribution in [2.45, 2.75) is 6.42 Å². The van der Waals surface area contributed by atoms with Crippen LogP contribution < -0.4 is 4.74 Å². The lowest BCUT2D eigenvalue weighted by Gasteiger charge is -2.26. The number of pyridine rings is 1. The Morgan fingerprint density at radius 3 is 2.95 bits per heavy atom. The van der Waals surface area contributed by atoms with E-state index in [0.717, 1.165) is 13.0 Å². The monoisotopic (exact) mass is 300 g/mol. The summed E-state index contributed by atoms with van der Waals surface area (Å²) in [4.78, 5) is 19.8. The summed E-state index contributed by atoms with van der Waals surface area (Å²) in [6.07, 6.45) is 4.64. The minimum absolute atomic E-state index is 0.0265. The van der Waals surface area contributed by atoms with Gasteiger partial charge in [-0.2, -0.15) is 0 Å². The Kier molecular flexibility index (Phi) is 4.01. The van der Waals surface area contributed by atoms with Crippen LogP contribution in [0, 0.1) is 0 Å². The SMILES string of the molecule is COc1ncccc1C(=O)N1CC=C(c2cccs2)CC1. The molecule has 3 heterocycles. The zero-order valence-electron chi connectivity index (χ0n) is 11.8. The van der Waals surface area contributed by atoms with Gasteiger partial charge in [0.1, 0.15) is 5.56 Å². The van der Waals surface area contributed by atoms with Gasteiger partial charge in [-0.1, -0.05) is 12.1 Å². The number of hydrogen-bond acceptors (Lipinski definition) is 4. The van der Waals surface area contributed by atoms with E-state index >= 15 is 0 Å². The van der Waals surface area contributed by atoms with Crippen molar-refractivity contribution in [3.8, 4) is 5.88 Å². The molecule has 108 valence electrons. The summed E-state index contributed by atoms with van der Waals surface area (Å²) in [6.45, 7) is 1.35. The van der Waals surface area contributed by atoms with E-state index in [4.69, 9.17) is 4.74 Å². The summed E-state index contributed by atoms with van der Waals surface area (Å²) in [5.41, 5.74) is 1.85. The second kappa shape index (κ2) is 6.10. The molecule has 0 aliphatic carbocycles. The first kappa shape index (κ1) is 13.8. The van der Waals surface area contributed by atoms with Crippen LogP contribution in [0.5, 0.6) is 5.88 Å². The molecule has 0 saturated heterocycles. The molecule has 0 unspecified atom stereocenters. The van der Waals surface area contributed by atoms with Gasteiger partial charge in [-0.15, -0.1) is 11.3 Å². The van der Waals surface area contributed by atoms with E-state index in [1.54, 1.807) is 29.7 Å². The number of aromatic nitrogens is 1. The van der Waals surface area contributed by atoms with Crippen molar-refractivity contribution in [3.63, 3.8) is 0 Å². The summed E-state index contributed by atoms with van der Waals surface area (Å²) in [6, 6.07) is 7.69. The summed E-state index contributed by atoms with van der Waals surface area (Å²) in [5.74, 6) is 0.358. The number of carbonyl (C=O) groups is 1. The molecule has 2 aromatic heterocycles. The average molecular weight is 300 g/mol. The fourth-order valence-electron chi connectivity index (χ4n) is 2.43. The van der Waals surface area contributed by atoms with Crippen molar-refractivity contribution < 1.29 is 9.53 Å². The largest absolute Gasteiger partial charge is 0.480 e. The van der Waals surface area contributed by atoms with Gasteiger partial charge in [0.15, 0.2) is 0 Å². The van der Waals surface area contributed by atoms with E-state index in [2.05, 4.69) is 28.6 Å². The summed E-state index contributed by atoms with van der Waals surface area (Å²) in [5, 5.41) is 2.08. The van der Waals surface area contributed by atoms with Crippen molar-refractivity contribution in [1.29, 1.82) is 0 Å². The van der Waals surface area contributed by atoms with Gasteiger partial charge in [0.05, 0.1) is 7.11 Å². The molecule has 1 amide bonds. The maximum Gasteiger partial charge on any atom is 0.259 e. The Bertz CT molecular complexity index is 665. The molecule has 0 N–H and O–H groups in total. The Morgan fingerprint density at radius 1 is 1.38 bits per heavy atom. The molecule has 0 aromatic carbocycles. The Labute approximate surface area is 127 Å². The van der Waals surface area contributed by atoms with Gasteiger partial charge in [-0.3, -0.25) is 4.79 Å².